The van der Waals surface area contributed by atoms with Crippen LogP contribution >= 0.6 is 0 Å². The van der Waals surface area contributed by atoms with Crippen molar-refractivity contribution in [3.05, 3.63) is 192 Å². The first kappa shape index (κ1) is 23.2. The van der Waals surface area contributed by atoms with Crippen molar-refractivity contribution in [1.82, 2.24) is 0 Å². The average Bonchev–Trinajstić information content (AvgIpc) is 3.53. The molecule has 2 aliphatic rings. The number of allylic oxidation sites excluding steroid dienone is 1. The van der Waals surface area contributed by atoms with Crippen LogP contribution in [0.5, 0.6) is 0 Å². The highest BCUT2D eigenvalue weighted by molar-refractivity contribution is 6.12. The van der Waals surface area contributed by atoms with Crippen LogP contribution in [-0.4, -0.2) is 0 Å². The lowest BCUT2D eigenvalue weighted by Crippen LogP contribution is -2.04. The van der Waals surface area contributed by atoms with Crippen molar-refractivity contribution in [1.29, 1.82) is 0 Å². The third-order valence-electron chi connectivity index (χ3n) is 7.83. The predicted octanol–water partition coefficient (Wildman–Crippen LogP) is 10.1. The number of benzene rings is 6. The molecule has 0 heteroatoms. The van der Waals surface area contributed by atoms with Gasteiger partial charge >= 0.3 is 0 Å². The van der Waals surface area contributed by atoms with E-state index in [4.69, 9.17) is 0 Å². The number of hydrogen-bond acceptors (Lipinski definition) is 0. The Balaban J connectivity index is 0.000000376. The van der Waals surface area contributed by atoms with Crippen molar-refractivity contribution in [3.8, 4) is 22.3 Å². The minimum absolute atomic E-state index is 0.189. The predicted molar refractivity (Wildman–Crippen MR) is 164 cm³/mol. The second-order valence-electron chi connectivity index (χ2n) is 10.0. The molecule has 0 aromatic heterocycles. The van der Waals surface area contributed by atoms with Crippen LogP contribution in [-0.2, 0) is 0 Å². The van der Waals surface area contributed by atoms with E-state index in [0.29, 0.717) is 0 Å². The monoisotopic (exact) mass is 496 g/mol. The molecular weight excluding hydrogens is 468 g/mol. The van der Waals surface area contributed by atoms with Crippen LogP contribution in [0.15, 0.2) is 164 Å². The molecule has 0 spiro atoms. The summed E-state index contributed by atoms with van der Waals surface area (Å²) in [7, 11) is 0. The smallest absolute Gasteiger partial charge is 0.0364 e. The summed E-state index contributed by atoms with van der Waals surface area (Å²) < 4.78 is 0. The Morgan fingerprint density at radius 1 is 0.308 bits per heavy atom. The lowest BCUT2D eigenvalue weighted by molar-refractivity contribution is 1.09. The Hall–Kier alpha value is -4.94. The fourth-order valence-corrected chi connectivity index (χ4v) is 6.23. The van der Waals surface area contributed by atoms with E-state index in [1.807, 2.05) is 36.4 Å². The SMILES string of the molecule is c1ccc(C(=C2c3ccccc3-c3ccccc32)C2c3ccccc3-c3ccccc32)cc1.c1ccccc1. The molecule has 0 heterocycles. The van der Waals surface area contributed by atoms with Crippen molar-refractivity contribution < 1.29 is 0 Å². The highest BCUT2D eigenvalue weighted by atomic mass is 14.4. The third kappa shape index (κ3) is 4.02. The summed E-state index contributed by atoms with van der Waals surface area (Å²) in [6.07, 6.45) is 0. The zero-order chi connectivity index (χ0) is 26.0. The molecular formula is C39H28. The zero-order valence-electron chi connectivity index (χ0n) is 21.7. The van der Waals surface area contributed by atoms with E-state index in [2.05, 4.69) is 127 Å². The third-order valence-corrected chi connectivity index (χ3v) is 7.83. The summed E-state index contributed by atoms with van der Waals surface area (Å²) in [5, 5.41) is 0. The van der Waals surface area contributed by atoms with E-state index >= 15 is 0 Å². The molecule has 0 bridgehead atoms. The molecule has 2 aliphatic carbocycles. The molecule has 0 saturated carbocycles. The first-order valence-electron chi connectivity index (χ1n) is 13.6. The van der Waals surface area contributed by atoms with E-state index < -0.39 is 0 Å². The largest absolute Gasteiger partial charge is 0.0623 e. The molecule has 0 unspecified atom stereocenters. The van der Waals surface area contributed by atoms with Crippen molar-refractivity contribution in [3.63, 3.8) is 0 Å². The number of rotatable bonds is 2. The standard InChI is InChI=1S/C33H22.C6H6/c1-2-12-22(13-3-1)31(32-27-18-8-4-14-23(27)24-15-5-9-19-28(24)32)33-29-20-10-6-16-25(29)26-17-7-11-21-30(26)33;1-2-4-6-5-3-1/h1-21,32H;1-6H. The van der Waals surface area contributed by atoms with Gasteiger partial charge in [0.1, 0.15) is 0 Å². The topological polar surface area (TPSA) is 0 Å². The maximum Gasteiger partial charge on any atom is 0.0364 e. The second kappa shape index (κ2) is 10.1. The molecule has 0 aliphatic heterocycles. The second-order valence-corrected chi connectivity index (χ2v) is 10.0. The Labute approximate surface area is 230 Å². The normalized spacial score (nSPS) is 12.5. The Bertz CT molecular complexity index is 1670. The Morgan fingerprint density at radius 3 is 1.10 bits per heavy atom. The summed E-state index contributed by atoms with van der Waals surface area (Å²) in [4.78, 5) is 0. The zero-order valence-corrected chi connectivity index (χ0v) is 21.7. The van der Waals surface area contributed by atoms with E-state index in [1.165, 1.54) is 61.2 Å². The molecule has 0 amide bonds. The molecule has 0 fully saturated rings. The molecule has 0 nitrogen and oxygen atoms in total. The van der Waals surface area contributed by atoms with Crippen LogP contribution in [0.3, 0.4) is 0 Å². The summed E-state index contributed by atoms with van der Waals surface area (Å²) >= 11 is 0. The van der Waals surface area contributed by atoms with Crippen molar-refractivity contribution >= 4 is 11.1 Å². The first-order valence-corrected chi connectivity index (χ1v) is 13.6. The lowest BCUT2D eigenvalue weighted by atomic mass is 9.80. The molecule has 39 heavy (non-hydrogen) atoms. The molecule has 0 atom stereocenters. The molecule has 8 rings (SSSR count). The van der Waals surface area contributed by atoms with Crippen molar-refractivity contribution in [2.75, 3.05) is 0 Å². The highest BCUT2D eigenvalue weighted by Gasteiger charge is 2.36. The summed E-state index contributed by atoms with van der Waals surface area (Å²) in [5.41, 5.74) is 14.9. The summed E-state index contributed by atoms with van der Waals surface area (Å²) in [5.74, 6) is 0.189. The highest BCUT2D eigenvalue weighted by Crippen LogP contribution is 2.56. The van der Waals surface area contributed by atoms with Gasteiger partial charge in [-0.2, -0.15) is 0 Å². The molecule has 0 radical (unpaired) electrons. The van der Waals surface area contributed by atoms with Gasteiger partial charge < -0.3 is 0 Å². The van der Waals surface area contributed by atoms with Gasteiger partial charge in [0, 0.05) is 5.92 Å². The van der Waals surface area contributed by atoms with Crippen LogP contribution in [0.4, 0.5) is 0 Å². The van der Waals surface area contributed by atoms with E-state index in [-0.39, 0.29) is 5.92 Å². The minimum atomic E-state index is 0.189. The maximum atomic E-state index is 2.32. The van der Waals surface area contributed by atoms with Gasteiger partial charge in [0.05, 0.1) is 0 Å². The minimum Gasteiger partial charge on any atom is -0.0623 e. The van der Waals surface area contributed by atoms with Gasteiger partial charge in [-0.25, -0.2) is 0 Å². The van der Waals surface area contributed by atoms with Crippen molar-refractivity contribution in [2.45, 2.75) is 5.92 Å². The first-order chi connectivity index (χ1) is 19.4. The van der Waals surface area contributed by atoms with Gasteiger partial charge in [0.25, 0.3) is 0 Å². The van der Waals surface area contributed by atoms with E-state index in [9.17, 15) is 0 Å². The van der Waals surface area contributed by atoms with E-state index in [1.54, 1.807) is 0 Å². The maximum absolute atomic E-state index is 2.32. The Morgan fingerprint density at radius 2 is 0.641 bits per heavy atom. The fourth-order valence-electron chi connectivity index (χ4n) is 6.23. The van der Waals surface area contributed by atoms with Crippen molar-refractivity contribution in [2.24, 2.45) is 0 Å². The number of fused-ring (bicyclic) bond motifs is 6. The molecule has 184 valence electrons. The van der Waals surface area contributed by atoms with Gasteiger partial charge in [-0.05, 0) is 61.2 Å². The van der Waals surface area contributed by atoms with Crippen LogP contribution in [0.1, 0.15) is 33.7 Å². The molecule has 6 aromatic rings. The summed E-state index contributed by atoms with van der Waals surface area (Å²) in [6.45, 7) is 0. The molecule has 0 saturated heterocycles. The lowest BCUT2D eigenvalue weighted by Gasteiger charge is -2.23. The number of hydrogen-bond donors (Lipinski definition) is 0. The van der Waals surface area contributed by atoms with Gasteiger partial charge in [-0.15, -0.1) is 0 Å². The fraction of sp³-hybridized carbons (Fsp3) is 0.0256. The van der Waals surface area contributed by atoms with Gasteiger partial charge in [0.2, 0.25) is 0 Å². The van der Waals surface area contributed by atoms with Crippen LogP contribution < -0.4 is 0 Å². The average molecular weight is 497 g/mol. The summed E-state index contributed by atoms with van der Waals surface area (Å²) in [6, 6.07) is 58.6. The van der Waals surface area contributed by atoms with Crippen LogP contribution in [0.2, 0.25) is 0 Å². The Kier molecular flexibility index (Phi) is 6.00. The van der Waals surface area contributed by atoms with Crippen LogP contribution in [0, 0.1) is 0 Å². The molecule has 0 N–H and O–H groups in total. The van der Waals surface area contributed by atoms with Gasteiger partial charge in [0.15, 0.2) is 0 Å². The molecule has 6 aromatic carbocycles. The van der Waals surface area contributed by atoms with E-state index in [0.717, 1.165) is 0 Å². The van der Waals surface area contributed by atoms with Crippen LogP contribution in [0.25, 0.3) is 33.4 Å². The van der Waals surface area contributed by atoms with Gasteiger partial charge in [-0.3, -0.25) is 0 Å². The van der Waals surface area contributed by atoms with Gasteiger partial charge in [-0.1, -0.05) is 164 Å². The quantitative estimate of drug-likeness (QED) is 0.223.